The Bertz CT molecular complexity index is 3240. The van der Waals surface area contributed by atoms with Gasteiger partial charge in [0.15, 0.2) is 0 Å². The molecule has 32 nitrogen and oxygen atoms in total. The Hall–Kier alpha value is -9.56. The van der Waals surface area contributed by atoms with Crippen LogP contribution in [0.15, 0.2) is 60.8 Å². The summed E-state index contributed by atoms with van der Waals surface area (Å²) in [6.07, 6.45) is 6.61. The highest BCUT2D eigenvalue weighted by atomic mass is 16.4. The van der Waals surface area contributed by atoms with Crippen molar-refractivity contribution in [3.8, 4) is 0 Å². The van der Waals surface area contributed by atoms with Crippen molar-refractivity contribution in [3.05, 3.63) is 71.9 Å². The Morgan fingerprint density at radius 3 is 1.45 bits per heavy atom. The highest BCUT2D eigenvalue weighted by Gasteiger charge is 2.38. The van der Waals surface area contributed by atoms with Crippen LogP contribution in [-0.4, -0.2) is 183 Å². The number of amides is 13. The Kier molecular flexibility index (Phi) is 38.4. The molecule has 12 atom stereocenters. The van der Waals surface area contributed by atoms with Crippen molar-refractivity contribution < 1.29 is 82.4 Å². The molecule has 3 rings (SSSR count). The summed E-state index contributed by atoms with van der Waals surface area (Å²) in [6, 6.07) is 0.220. The molecule has 0 radical (unpaired) electrons. The second-order valence-electron chi connectivity index (χ2n) is 25.9. The maximum atomic E-state index is 14.5. The summed E-state index contributed by atoms with van der Waals surface area (Å²) in [7, 11) is 0. The predicted octanol–water partition coefficient (Wildman–Crippen LogP) is -0.973. The van der Waals surface area contributed by atoms with Crippen LogP contribution in [0, 0.1) is 11.8 Å². The van der Waals surface area contributed by atoms with E-state index in [1.54, 1.807) is 88.5 Å². The molecule has 12 unspecified atom stereocenters. The molecule has 0 aliphatic rings. The Morgan fingerprint density at radius 2 is 0.921 bits per heavy atom. The van der Waals surface area contributed by atoms with Crippen LogP contribution >= 0.6 is 0 Å². The number of hydrogen-bond acceptors (Lipinski definition) is 17. The number of rotatable bonds is 50. The maximum Gasteiger partial charge on any atom is 0.326 e. The normalized spacial score (nSPS) is 14.8. The van der Waals surface area contributed by atoms with Gasteiger partial charge in [0.05, 0.1) is 38.0 Å². The number of aromatic nitrogens is 1. The van der Waals surface area contributed by atoms with Gasteiger partial charge in [-0.1, -0.05) is 154 Å². The molecule has 0 bridgehead atoms. The monoisotopic (exact) mass is 1420 g/mol. The van der Waals surface area contributed by atoms with Crippen LogP contribution in [0.1, 0.15) is 168 Å². The first-order valence-electron chi connectivity index (χ1n) is 34.6. The molecule has 0 aliphatic heterocycles. The zero-order valence-corrected chi connectivity index (χ0v) is 58.7. The number of carboxylic acid groups (broad SMARTS) is 1. The van der Waals surface area contributed by atoms with E-state index < -0.39 is 193 Å². The first-order valence-corrected chi connectivity index (χ1v) is 34.6. The van der Waals surface area contributed by atoms with Gasteiger partial charge >= 0.3 is 5.97 Å². The average Bonchev–Trinajstić information content (AvgIpc) is 1.75. The molecular weight excluding hydrogens is 1310 g/mol. The highest BCUT2D eigenvalue weighted by Crippen LogP contribution is 2.21. The van der Waals surface area contributed by atoms with E-state index in [1.807, 2.05) is 0 Å². The summed E-state index contributed by atoms with van der Waals surface area (Å²) < 4.78 is 0. The number of aliphatic carboxylic acids is 1. The van der Waals surface area contributed by atoms with E-state index >= 15 is 0 Å². The summed E-state index contributed by atoms with van der Waals surface area (Å²) in [5.41, 5.74) is 24.0. The van der Waals surface area contributed by atoms with Crippen LogP contribution in [0.25, 0.3) is 10.9 Å². The first-order chi connectivity index (χ1) is 47.9. The minimum absolute atomic E-state index is 0.0589. The molecule has 0 saturated heterocycles. The Morgan fingerprint density at radius 1 is 0.475 bits per heavy atom. The van der Waals surface area contributed by atoms with E-state index in [0.717, 1.165) is 39.0 Å². The number of carbonyl (C=O) groups excluding carboxylic acids is 13. The van der Waals surface area contributed by atoms with Crippen molar-refractivity contribution in [2.45, 2.75) is 237 Å². The van der Waals surface area contributed by atoms with E-state index in [4.69, 9.17) is 22.9 Å². The molecule has 0 fully saturated rings. The molecule has 0 spiro atoms. The molecule has 32 heteroatoms. The van der Waals surface area contributed by atoms with Crippen LogP contribution in [0.4, 0.5) is 0 Å². The number of nitrogens with two attached hydrogens (primary N) is 4. The number of carbonyl (C=O) groups is 14. The van der Waals surface area contributed by atoms with Gasteiger partial charge in [-0.25, -0.2) is 4.79 Å². The number of nitrogens with one attached hydrogen (secondary N) is 11. The lowest BCUT2D eigenvalue weighted by Gasteiger charge is -2.29. The van der Waals surface area contributed by atoms with Gasteiger partial charge in [0.25, 0.3) is 0 Å². The third-order valence-corrected chi connectivity index (χ3v) is 17.0. The van der Waals surface area contributed by atoms with Gasteiger partial charge in [0.2, 0.25) is 76.8 Å². The second kappa shape index (κ2) is 45.3. The van der Waals surface area contributed by atoms with E-state index in [9.17, 15) is 82.4 Å². The molecule has 0 saturated carbocycles. The van der Waals surface area contributed by atoms with Crippen LogP contribution in [0.5, 0.6) is 0 Å². The second-order valence-corrected chi connectivity index (χ2v) is 25.9. The quantitative estimate of drug-likeness (QED) is 0.0302. The zero-order valence-electron chi connectivity index (χ0n) is 58.7. The van der Waals surface area contributed by atoms with Gasteiger partial charge in [0, 0.05) is 42.8 Å². The molecule has 560 valence electrons. The van der Waals surface area contributed by atoms with Crippen LogP contribution in [0.2, 0.25) is 0 Å². The summed E-state index contributed by atoms with van der Waals surface area (Å²) in [4.78, 5) is 192. The summed E-state index contributed by atoms with van der Waals surface area (Å²) >= 11 is 0. The highest BCUT2D eigenvalue weighted by molar-refractivity contribution is 6.01. The van der Waals surface area contributed by atoms with Gasteiger partial charge in [-0.2, -0.15) is 0 Å². The Labute approximate surface area is 588 Å². The van der Waals surface area contributed by atoms with Gasteiger partial charge < -0.3 is 96.4 Å². The van der Waals surface area contributed by atoms with Gasteiger partial charge in [-0.05, 0) is 55.3 Å². The molecule has 13 amide bonds. The largest absolute Gasteiger partial charge is 0.480 e. The van der Waals surface area contributed by atoms with Crippen molar-refractivity contribution in [3.63, 3.8) is 0 Å². The lowest BCUT2D eigenvalue weighted by atomic mass is 9.98. The molecular formula is C69H107N15O17. The number of para-hydroxylation sites is 1. The number of hydrogen-bond donors (Lipinski definition) is 18. The fourth-order valence-electron chi connectivity index (χ4n) is 11.0. The van der Waals surface area contributed by atoms with Crippen molar-refractivity contribution in [2.24, 2.45) is 34.8 Å². The minimum atomic E-state index is -2.03. The van der Waals surface area contributed by atoms with Crippen LogP contribution in [0.3, 0.4) is 0 Å². The van der Waals surface area contributed by atoms with Gasteiger partial charge in [-0.15, -0.1) is 0 Å². The maximum absolute atomic E-state index is 14.5. The van der Waals surface area contributed by atoms with Crippen molar-refractivity contribution >= 4 is 93.7 Å². The van der Waals surface area contributed by atoms with Crippen molar-refractivity contribution in [2.75, 3.05) is 13.1 Å². The van der Waals surface area contributed by atoms with Crippen molar-refractivity contribution in [1.82, 2.24) is 58.2 Å². The fraction of sp³-hybridized carbons (Fsp3) is 0.594. The summed E-state index contributed by atoms with van der Waals surface area (Å²) in [5.74, 6) is -16.2. The number of benzene rings is 2. The Balaban J connectivity index is 1.83. The zero-order chi connectivity index (χ0) is 75.3. The lowest BCUT2D eigenvalue weighted by Crippen LogP contribution is -2.62. The molecule has 2 aromatic carbocycles. The molecule has 1 heterocycles. The smallest absolute Gasteiger partial charge is 0.326 e. The van der Waals surface area contributed by atoms with E-state index in [2.05, 4.69) is 65.1 Å². The number of aliphatic hydroxyl groups excluding tert-OH is 2. The number of primary amides is 3. The van der Waals surface area contributed by atoms with Crippen molar-refractivity contribution in [1.29, 1.82) is 0 Å². The predicted molar refractivity (Wildman–Crippen MR) is 373 cm³/mol. The summed E-state index contributed by atoms with van der Waals surface area (Å²) in [6.45, 7) is 8.76. The molecule has 22 N–H and O–H groups in total. The third kappa shape index (κ3) is 31.7. The standard InChI is InChI=1S/C69H107N15O17/c1-7-9-10-11-12-13-14-15-16-17-21-28-56(90)76-50(34-53(71)87)66(97)82-58(39(3)4)68(99)81-47(31-42-24-19-18-20-25-42)61(92)79-52(36-55(73)89)63(94)80-51(35-54(72)88)62(93)78-49(33-44(86)29-30-70)65(96)84-60(41(6)85)67(98)75-38-57(91)77-48(64(95)83-59(69(100)101)40(5)8-2)32-43-37-74-46-27-23-22-26-45(43)46/h18-20,22-27,37,39-41,44,47-52,58-60,74,85-86H,7-17,21,28-36,38,70H2,1-6H3,(H2,71,87)(H2,72,88)(H2,73,89)(H,75,98)(H,76,90)(H,77,91)(H,78,93)(H,79,92)(H,80,94)(H,81,99)(H,82,97)(H,83,95)(H,84,96)(H,100,101). The van der Waals surface area contributed by atoms with E-state index in [0.29, 0.717) is 34.9 Å². The molecule has 3 aromatic rings. The lowest BCUT2D eigenvalue weighted by molar-refractivity contribution is -0.143. The SMILES string of the molecule is CCCCCCCCCCCCCC(=O)NC(CC(N)=O)C(=O)NC(C(=O)NC(Cc1ccccc1)C(=O)NC(CC(N)=O)C(=O)NC(CC(N)=O)C(=O)NC(CC(O)CCN)C(=O)NC(C(=O)NCC(=O)NC(Cc1c[nH]c2ccccc12)C(=O)NC(C(=O)O)C(C)CC)C(C)O)C(C)C. The van der Waals surface area contributed by atoms with Crippen LogP contribution < -0.4 is 76.1 Å². The first kappa shape index (κ1) is 85.7. The van der Waals surface area contributed by atoms with Gasteiger partial charge in [-0.3, -0.25) is 62.3 Å². The van der Waals surface area contributed by atoms with Gasteiger partial charge in [0.1, 0.15) is 54.4 Å². The molecule has 1 aromatic heterocycles. The van der Waals surface area contributed by atoms with E-state index in [-0.39, 0.29) is 32.2 Å². The molecule has 101 heavy (non-hydrogen) atoms. The van der Waals surface area contributed by atoms with E-state index in [1.165, 1.54) is 32.1 Å². The number of H-pyrrole nitrogens is 1. The summed E-state index contributed by atoms with van der Waals surface area (Å²) in [5, 5.41) is 56.4. The number of aromatic amines is 1. The number of unbranched alkanes of at least 4 members (excludes halogenated alkanes) is 10. The average molecular weight is 1420 g/mol. The fourth-order valence-corrected chi connectivity index (χ4v) is 11.0. The number of aliphatic hydroxyl groups is 2. The molecule has 0 aliphatic carbocycles. The minimum Gasteiger partial charge on any atom is -0.480 e. The topological polar surface area (TPSA) is 540 Å². The number of carboxylic acids is 1. The third-order valence-electron chi connectivity index (χ3n) is 17.0. The number of fused-ring (bicyclic) bond motifs is 1. The van der Waals surface area contributed by atoms with Crippen LogP contribution in [-0.2, 0) is 80.0 Å².